The quantitative estimate of drug-likeness (QED) is 0.345. The monoisotopic (exact) mass is 434 g/mol. The van der Waals surface area contributed by atoms with Crippen molar-refractivity contribution in [1.82, 2.24) is 5.32 Å². The number of carbonyl (C=O) groups is 2. The van der Waals surface area contributed by atoms with Crippen molar-refractivity contribution in [3.63, 3.8) is 0 Å². The molecule has 0 radical (unpaired) electrons. The third-order valence-electron chi connectivity index (χ3n) is 5.65. The number of anilines is 1. The van der Waals surface area contributed by atoms with Gasteiger partial charge in [0.15, 0.2) is 0 Å². The molecule has 0 saturated carbocycles. The van der Waals surface area contributed by atoms with Crippen LogP contribution in [0.3, 0.4) is 0 Å². The number of thiophene rings is 1. The Balaban J connectivity index is 1.27. The fraction of sp³-hybridized carbons (Fsp3) is 0.250. The second kappa shape index (κ2) is 8.07. The number of carbonyl (C=O) groups excluding carboxylic acids is 2. The van der Waals surface area contributed by atoms with Crippen LogP contribution in [0.2, 0.25) is 0 Å². The van der Waals surface area contributed by atoms with Crippen molar-refractivity contribution in [3.8, 4) is 5.75 Å². The lowest BCUT2D eigenvalue weighted by atomic mass is 9.88. The van der Waals surface area contributed by atoms with Gasteiger partial charge in [-0.2, -0.15) is 0 Å². The highest BCUT2D eigenvalue weighted by Crippen LogP contribution is 2.42. The van der Waals surface area contributed by atoms with Crippen molar-refractivity contribution in [2.45, 2.75) is 32.4 Å². The standard InChI is InChI=1S/C24H22N2O4S/c1-14-4-10-18-19(13-14)31-24-21(18)23(28)25-22(26-24)15-5-7-17(8-6-15)30-20(27)11-9-16-3-2-12-29-16/h2-3,5-9,11-12,14,22,26H,4,10,13H2,1H3,(H,25,28)/b11-9+/t14-,22-/m1/s1. The van der Waals surface area contributed by atoms with Crippen LogP contribution in [-0.4, -0.2) is 11.9 Å². The van der Waals surface area contributed by atoms with Crippen molar-refractivity contribution in [1.29, 1.82) is 0 Å². The van der Waals surface area contributed by atoms with Gasteiger partial charge in [0.2, 0.25) is 0 Å². The Bertz CT molecular complexity index is 1150. The first-order chi connectivity index (χ1) is 15.1. The van der Waals surface area contributed by atoms with Crippen LogP contribution in [0.5, 0.6) is 5.75 Å². The summed E-state index contributed by atoms with van der Waals surface area (Å²) in [6.45, 7) is 2.26. The molecule has 2 aliphatic rings. The average molecular weight is 435 g/mol. The number of esters is 1. The summed E-state index contributed by atoms with van der Waals surface area (Å²) >= 11 is 1.70. The molecule has 3 heterocycles. The highest BCUT2D eigenvalue weighted by atomic mass is 32.1. The molecule has 3 aromatic rings. The molecule has 1 amide bonds. The van der Waals surface area contributed by atoms with E-state index in [0.29, 0.717) is 17.4 Å². The number of rotatable bonds is 4. The summed E-state index contributed by atoms with van der Waals surface area (Å²) in [4.78, 5) is 26.1. The summed E-state index contributed by atoms with van der Waals surface area (Å²) in [5.41, 5.74) is 2.92. The molecule has 2 N–H and O–H groups in total. The molecule has 0 spiro atoms. The van der Waals surface area contributed by atoms with Crippen LogP contribution < -0.4 is 15.4 Å². The Morgan fingerprint density at radius 3 is 2.84 bits per heavy atom. The Kier molecular flexibility index (Phi) is 5.11. The van der Waals surface area contributed by atoms with E-state index in [0.717, 1.165) is 35.4 Å². The average Bonchev–Trinajstić information content (AvgIpc) is 3.40. The molecule has 0 saturated heterocycles. The van der Waals surface area contributed by atoms with Crippen LogP contribution >= 0.6 is 11.3 Å². The van der Waals surface area contributed by atoms with Crippen molar-refractivity contribution >= 4 is 34.3 Å². The van der Waals surface area contributed by atoms with Gasteiger partial charge in [0, 0.05) is 11.0 Å². The number of nitrogens with one attached hydrogen (secondary N) is 2. The van der Waals surface area contributed by atoms with E-state index in [1.165, 1.54) is 22.8 Å². The van der Waals surface area contributed by atoms with E-state index < -0.39 is 5.97 Å². The molecule has 1 aromatic carbocycles. The zero-order valence-electron chi connectivity index (χ0n) is 17.0. The van der Waals surface area contributed by atoms with E-state index >= 15 is 0 Å². The number of hydrogen-bond donors (Lipinski definition) is 2. The molecule has 2 atom stereocenters. The van der Waals surface area contributed by atoms with Gasteiger partial charge in [-0.1, -0.05) is 19.1 Å². The van der Waals surface area contributed by atoms with E-state index in [1.807, 2.05) is 12.1 Å². The van der Waals surface area contributed by atoms with Crippen molar-refractivity contribution < 1.29 is 18.7 Å². The molecule has 0 bridgehead atoms. The SMILES string of the molecule is C[C@@H]1CCc2c(sc3c2C(=O)N[C@@H](c2ccc(OC(=O)/C=C/c4ccco4)cc2)N3)C1. The molecule has 0 fully saturated rings. The first-order valence-electron chi connectivity index (χ1n) is 10.3. The van der Waals surface area contributed by atoms with Gasteiger partial charge in [-0.25, -0.2) is 4.79 Å². The highest BCUT2D eigenvalue weighted by Gasteiger charge is 2.33. The number of furan rings is 1. The van der Waals surface area contributed by atoms with E-state index in [4.69, 9.17) is 9.15 Å². The Hall–Kier alpha value is -3.32. The van der Waals surface area contributed by atoms with Crippen LogP contribution in [0.4, 0.5) is 5.00 Å². The molecule has 7 heteroatoms. The van der Waals surface area contributed by atoms with Gasteiger partial charge < -0.3 is 19.8 Å². The Morgan fingerprint density at radius 2 is 2.06 bits per heavy atom. The van der Waals surface area contributed by atoms with Crippen molar-refractivity contribution in [3.05, 3.63) is 76.1 Å². The maximum absolute atomic E-state index is 12.8. The van der Waals surface area contributed by atoms with E-state index in [-0.39, 0.29) is 12.1 Å². The Morgan fingerprint density at radius 1 is 1.23 bits per heavy atom. The molecular formula is C24H22N2O4S. The molecular weight excluding hydrogens is 412 g/mol. The largest absolute Gasteiger partial charge is 0.465 e. The van der Waals surface area contributed by atoms with Gasteiger partial charge in [-0.15, -0.1) is 11.3 Å². The molecule has 1 aliphatic carbocycles. The summed E-state index contributed by atoms with van der Waals surface area (Å²) in [6, 6.07) is 10.6. The van der Waals surface area contributed by atoms with E-state index in [9.17, 15) is 9.59 Å². The zero-order chi connectivity index (χ0) is 21.4. The first kappa shape index (κ1) is 19.6. The summed E-state index contributed by atoms with van der Waals surface area (Å²) < 4.78 is 10.5. The summed E-state index contributed by atoms with van der Waals surface area (Å²) in [5, 5.41) is 7.48. The predicted octanol–water partition coefficient (Wildman–Crippen LogP) is 4.94. The van der Waals surface area contributed by atoms with Gasteiger partial charge in [-0.05, 0) is 66.6 Å². The van der Waals surface area contributed by atoms with Gasteiger partial charge in [-0.3, -0.25) is 4.79 Å². The van der Waals surface area contributed by atoms with Crippen LogP contribution in [0.25, 0.3) is 6.08 Å². The third kappa shape index (κ3) is 4.01. The Labute approximate surface area is 183 Å². The molecule has 0 unspecified atom stereocenters. The third-order valence-corrected chi connectivity index (χ3v) is 6.83. The number of benzene rings is 1. The number of hydrogen-bond acceptors (Lipinski definition) is 6. The normalized spacial score (nSPS) is 20.0. The second-order valence-electron chi connectivity index (χ2n) is 7.95. The minimum absolute atomic E-state index is 0.0237. The van der Waals surface area contributed by atoms with Crippen LogP contribution in [0.1, 0.15) is 51.6 Å². The molecule has 31 heavy (non-hydrogen) atoms. The fourth-order valence-corrected chi connectivity index (χ4v) is 5.48. The number of ether oxygens (including phenoxy) is 1. The van der Waals surface area contributed by atoms with Crippen LogP contribution in [0, 0.1) is 5.92 Å². The van der Waals surface area contributed by atoms with E-state index in [1.54, 1.807) is 41.7 Å². The zero-order valence-corrected chi connectivity index (χ0v) is 17.8. The smallest absolute Gasteiger partial charge is 0.336 e. The van der Waals surface area contributed by atoms with E-state index in [2.05, 4.69) is 17.6 Å². The highest BCUT2D eigenvalue weighted by molar-refractivity contribution is 7.16. The molecule has 158 valence electrons. The van der Waals surface area contributed by atoms with Gasteiger partial charge in [0.25, 0.3) is 5.91 Å². The minimum Gasteiger partial charge on any atom is -0.465 e. The lowest BCUT2D eigenvalue weighted by Crippen LogP contribution is -2.38. The molecule has 2 aromatic heterocycles. The summed E-state index contributed by atoms with van der Waals surface area (Å²) in [7, 11) is 0. The maximum Gasteiger partial charge on any atom is 0.336 e. The predicted molar refractivity (Wildman–Crippen MR) is 119 cm³/mol. The van der Waals surface area contributed by atoms with Gasteiger partial charge >= 0.3 is 5.97 Å². The second-order valence-corrected chi connectivity index (χ2v) is 9.05. The number of fused-ring (bicyclic) bond motifs is 3. The lowest BCUT2D eigenvalue weighted by molar-refractivity contribution is -0.128. The number of amides is 1. The molecule has 6 nitrogen and oxygen atoms in total. The van der Waals surface area contributed by atoms with Crippen LogP contribution in [-0.2, 0) is 17.6 Å². The molecule has 5 rings (SSSR count). The molecule has 1 aliphatic heterocycles. The summed E-state index contributed by atoms with van der Waals surface area (Å²) in [5.74, 6) is 1.16. The maximum atomic E-state index is 12.8. The topological polar surface area (TPSA) is 80.6 Å². The first-order valence-corrected chi connectivity index (χ1v) is 11.1. The fourth-order valence-electron chi connectivity index (χ4n) is 4.04. The van der Waals surface area contributed by atoms with Crippen molar-refractivity contribution in [2.75, 3.05) is 5.32 Å². The van der Waals surface area contributed by atoms with Crippen LogP contribution in [0.15, 0.2) is 53.2 Å². The minimum atomic E-state index is -0.490. The van der Waals surface area contributed by atoms with Crippen molar-refractivity contribution in [2.24, 2.45) is 5.92 Å². The van der Waals surface area contributed by atoms with Gasteiger partial charge in [0.05, 0.1) is 11.8 Å². The summed E-state index contributed by atoms with van der Waals surface area (Å²) in [6.07, 6.45) is 7.23. The lowest BCUT2D eigenvalue weighted by Gasteiger charge is -2.27. The van der Waals surface area contributed by atoms with Gasteiger partial charge in [0.1, 0.15) is 22.7 Å².